The summed E-state index contributed by atoms with van der Waals surface area (Å²) < 4.78 is 0. The van der Waals surface area contributed by atoms with Gasteiger partial charge in [0, 0.05) is 0 Å². The third kappa shape index (κ3) is 1.94. The molecule has 5 nitrogen and oxygen atoms in total. The van der Waals surface area contributed by atoms with Gasteiger partial charge in [0.25, 0.3) is 0 Å². The molecule has 3 N–H and O–H groups in total. The maximum absolute atomic E-state index is 5.53. The number of imidazole rings is 1. The second-order valence-electron chi connectivity index (χ2n) is 3.81. The number of hydrogen-bond donors (Lipinski definition) is 2. The van der Waals surface area contributed by atoms with E-state index < -0.39 is 0 Å². The molecule has 0 saturated carbocycles. The highest BCUT2D eigenvalue weighted by Gasteiger charge is 2.04. The third-order valence-electron chi connectivity index (χ3n) is 2.49. The van der Waals surface area contributed by atoms with E-state index in [4.69, 9.17) is 5.73 Å². The number of nitrogens with zero attached hydrogens (tertiary/aromatic N) is 3. The van der Waals surface area contributed by atoms with Gasteiger partial charge in [-0.25, -0.2) is 15.0 Å². The molecular weight excluding hydrogens is 214 g/mol. The van der Waals surface area contributed by atoms with Crippen LogP contribution in [-0.4, -0.2) is 19.9 Å². The van der Waals surface area contributed by atoms with Crippen LogP contribution < -0.4 is 5.73 Å². The minimum Gasteiger partial charge on any atom is -0.396 e. The van der Waals surface area contributed by atoms with Crippen molar-refractivity contribution in [2.75, 3.05) is 5.73 Å². The zero-order chi connectivity index (χ0) is 11.7. The Morgan fingerprint density at radius 2 is 1.88 bits per heavy atom. The second kappa shape index (κ2) is 3.86. The van der Waals surface area contributed by atoms with Crippen molar-refractivity contribution in [1.82, 2.24) is 19.9 Å². The molecule has 0 bridgehead atoms. The van der Waals surface area contributed by atoms with Crippen molar-refractivity contribution in [3.63, 3.8) is 0 Å². The fourth-order valence-electron chi connectivity index (χ4n) is 1.70. The molecule has 0 aliphatic carbocycles. The standard InChI is InChI=1S/C12H11N5/c13-8-6-14-11(15-7-8)5-12-16-9-3-1-2-4-10(9)17-12/h1-4,6-7H,5,13H2,(H,16,17). The molecule has 2 aromatic heterocycles. The van der Waals surface area contributed by atoms with E-state index in [2.05, 4.69) is 19.9 Å². The van der Waals surface area contributed by atoms with Crippen LogP contribution in [0.1, 0.15) is 11.6 Å². The number of para-hydroxylation sites is 2. The van der Waals surface area contributed by atoms with Gasteiger partial charge in [-0.15, -0.1) is 0 Å². The summed E-state index contributed by atoms with van der Waals surface area (Å²) in [5.74, 6) is 1.56. The van der Waals surface area contributed by atoms with E-state index in [0.29, 0.717) is 17.9 Å². The highest BCUT2D eigenvalue weighted by molar-refractivity contribution is 5.74. The molecule has 84 valence electrons. The minimum atomic E-state index is 0.568. The van der Waals surface area contributed by atoms with Gasteiger partial charge in [0.15, 0.2) is 0 Å². The molecule has 3 aromatic rings. The molecule has 0 unspecified atom stereocenters. The summed E-state index contributed by atoms with van der Waals surface area (Å²) in [4.78, 5) is 16.0. The van der Waals surface area contributed by atoms with E-state index in [0.717, 1.165) is 16.9 Å². The van der Waals surface area contributed by atoms with Crippen molar-refractivity contribution in [2.45, 2.75) is 6.42 Å². The number of aromatic nitrogens is 4. The smallest absolute Gasteiger partial charge is 0.135 e. The molecule has 0 aliphatic rings. The van der Waals surface area contributed by atoms with Crippen LogP contribution in [0.2, 0.25) is 0 Å². The predicted molar refractivity (Wildman–Crippen MR) is 65.3 cm³/mol. The molecule has 0 aliphatic heterocycles. The summed E-state index contributed by atoms with van der Waals surface area (Å²) in [6.07, 6.45) is 3.78. The first-order valence-corrected chi connectivity index (χ1v) is 5.31. The largest absolute Gasteiger partial charge is 0.396 e. The van der Waals surface area contributed by atoms with Crippen LogP contribution in [0.3, 0.4) is 0 Å². The number of rotatable bonds is 2. The van der Waals surface area contributed by atoms with Crippen molar-refractivity contribution in [1.29, 1.82) is 0 Å². The van der Waals surface area contributed by atoms with Crippen LogP contribution in [0, 0.1) is 0 Å². The Kier molecular flexibility index (Phi) is 2.22. The molecule has 0 spiro atoms. The molecule has 17 heavy (non-hydrogen) atoms. The van der Waals surface area contributed by atoms with E-state index in [9.17, 15) is 0 Å². The fraction of sp³-hybridized carbons (Fsp3) is 0.0833. The minimum absolute atomic E-state index is 0.568. The van der Waals surface area contributed by atoms with Gasteiger partial charge in [-0.05, 0) is 12.1 Å². The van der Waals surface area contributed by atoms with E-state index in [1.807, 2.05) is 24.3 Å². The number of hydrogen-bond acceptors (Lipinski definition) is 4. The van der Waals surface area contributed by atoms with Crippen molar-refractivity contribution >= 4 is 16.7 Å². The van der Waals surface area contributed by atoms with Crippen LogP contribution in [0.25, 0.3) is 11.0 Å². The summed E-state index contributed by atoms with van der Waals surface area (Å²) in [5, 5.41) is 0. The van der Waals surface area contributed by atoms with Gasteiger partial charge in [-0.3, -0.25) is 0 Å². The molecule has 0 atom stereocenters. The lowest BCUT2D eigenvalue weighted by atomic mass is 10.3. The lowest BCUT2D eigenvalue weighted by Gasteiger charge is -1.96. The maximum Gasteiger partial charge on any atom is 0.135 e. The Hall–Kier alpha value is -2.43. The van der Waals surface area contributed by atoms with Crippen LogP contribution in [0.4, 0.5) is 5.69 Å². The first-order chi connectivity index (χ1) is 8.31. The summed E-state index contributed by atoms with van der Waals surface area (Å²) in [6, 6.07) is 7.91. The molecule has 3 rings (SSSR count). The first kappa shape index (κ1) is 9.77. The number of benzene rings is 1. The summed E-state index contributed by atoms with van der Waals surface area (Å²) >= 11 is 0. The van der Waals surface area contributed by atoms with Crippen molar-refractivity contribution in [2.24, 2.45) is 0 Å². The average Bonchev–Trinajstić information content (AvgIpc) is 2.74. The Morgan fingerprint density at radius 1 is 1.12 bits per heavy atom. The lowest BCUT2D eigenvalue weighted by molar-refractivity contribution is 0.919. The number of H-pyrrole nitrogens is 1. The van der Waals surface area contributed by atoms with Crippen LogP contribution in [-0.2, 0) is 6.42 Å². The van der Waals surface area contributed by atoms with Crippen molar-refractivity contribution in [3.05, 3.63) is 48.3 Å². The molecule has 5 heteroatoms. The quantitative estimate of drug-likeness (QED) is 0.693. The second-order valence-corrected chi connectivity index (χ2v) is 3.81. The zero-order valence-corrected chi connectivity index (χ0v) is 9.09. The normalized spacial score (nSPS) is 10.8. The lowest BCUT2D eigenvalue weighted by Crippen LogP contribution is -1.99. The number of nitrogens with one attached hydrogen (secondary N) is 1. The van der Waals surface area contributed by atoms with Gasteiger partial charge < -0.3 is 10.7 Å². The molecule has 0 saturated heterocycles. The Balaban J connectivity index is 1.92. The summed E-state index contributed by atoms with van der Waals surface area (Å²) in [5.41, 5.74) is 8.08. The molecule has 2 heterocycles. The molecule has 0 fully saturated rings. The van der Waals surface area contributed by atoms with Gasteiger partial charge in [0.1, 0.15) is 11.6 Å². The molecule has 1 aromatic carbocycles. The van der Waals surface area contributed by atoms with Crippen LogP contribution in [0.15, 0.2) is 36.7 Å². The first-order valence-electron chi connectivity index (χ1n) is 5.31. The zero-order valence-electron chi connectivity index (χ0n) is 9.09. The number of fused-ring (bicyclic) bond motifs is 1. The van der Waals surface area contributed by atoms with Gasteiger partial charge >= 0.3 is 0 Å². The summed E-state index contributed by atoms with van der Waals surface area (Å²) in [6.45, 7) is 0. The van der Waals surface area contributed by atoms with Gasteiger partial charge in [-0.2, -0.15) is 0 Å². The van der Waals surface area contributed by atoms with E-state index in [1.54, 1.807) is 12.4 Å². The topological polar surface area (TPSA) is 80.5 Å². The van der Waals surface area contributed by atoms with Crippen molar-refractivity contribution < 1.29 is 0 Å². The van der Waals surface area contributed by atoms with Crippen LogP contribution >= 0.6 is 0 Å². The maximum atomic E-state index is 5.53. The molecule has 0 radical (unpaired) electrons. The van der Waals surface area contributed by atoms with E-state index in [-0.39, 0.29) is 0 Å². The van der Waals surface area contributed by atoms with E-state index in [1.165, 1.54) is 0 Å². The number of nitrogen functional groups attached to an aromatic ring is 1. The number of nitrogens with two attached hydrogens (primary N) is 1. The van der Waals surface area contributed by atoms with Gasteiger partial charge in [-0.1, -0.05) is 12.1 Å². The SMILES string of the molecule is Nc1cnc(Cc2nc3ccccc3[nH]2)nc1. The van der Waals surface area contributed by atoms with Gasteiger partial charge in [0.2, 0.25) is 0 Å². The Labute approximate surface area is 97.7 Å². The van der Waals surface area contributed by atoms with Gasteiger partial charge in [0.05, 0.1) is 35.5 Å². The van der Waals surface area contributed by atoms with Crippen molar-refractivity contribution in [3.8, 4) is 0 Å². The highest BCUT2D eigenvalue weighted by Crippen LogP contribution is 2.12. The molecule has 0 amide bonds. The Morgan fingerprint density at radius 3 is 2.65 bits per heavy atom. The average molecular weight is 225 g/mol. The highest BCUT2D eigenvalue weighted by atomic mass is 14.9. The fourth-order valence-corrected chi connectivity index (χ4v) is 1.70. The van der Waals surface area contributed by atoms with E-state index >= 15 is 0 Å². The third-order valence-corrected chi connectivity index (χ3v) is 2.49. The number of anilines is 1. The van der Waals surface area contributed by atoms with Crippen LogP contribution in [0.5, 0.6) is 0 Å². The predicted octanol–water partition coefficient (Wildman–Crippen LogP) is 1.53. The number of aromatic amines is 1. The monoisotopic (exact) mass is 225 g/mol. The Bertz CT molecular complexity index is 608. The summed E-state index contributed by atoms with van der Waals surface area (Å²) in [7, 11) is 0. The molecular formula is C12H11N5.